The van der Waals surface area contributed by atoms with Crippen LogP contribution in [0, 0.1) is 0 Å². The molecule has 0 fully saturated rings. The zero-order valence-electron chi connectivity index (χ0n) is 17.7. The molecule has 0 saturated carbocycles. The number of rotatable bonds is 15. The molecule has 1 aromatic heterocycles. The van der Waals surface area contributed by atoms with Crippen molar-refractivity contribution in [1.29, 1.82) is 0 Å². The highest BCUT2D eigenvalue weighted by Gasteiger charge is 2.13. The van der Waals surface area contributed by atoms with Crippen molar-refractivity contribution in [1.82, 2.24) is 9.88 Å². The Bertz CT molecular complexity index is 677. The molecule has 6 nitrogen and oxygen atoms in total. The molecule has 1 heterocycles. The molecule has 0 amide bonds. The molecule has 2 aromatic rings. The highest BCUT2D eigenvalue weighted by Crippen LogP contribution is 2.39. The van der Waals surface area contributed by atoms with Crippen LogP contribution in [-0.4, -0.2) is 51.0 Å². The first kappa shape index (κ1) is 23.1. The van der Waals surface area contributed by atoms with Crippen LogP contribution in [0.3, 0.4) is 0 Å². The molecule has 0 aliphatic carbocycles. The van der Waals surface area contributed by atoms with Crippen molar-refractivity contribution in [2.45, 2.75) is 45.4 Å². The van der Waals surface area contributed by atoms with E-state index in [2.05, 4.69) is 43.2 Å². The molecule has 28 heavy (non-hydrogen) atoms. The van der Waals surface area contributed by atoms with E-state index in [9.17, 15) is 0 Å². The Morgan fingerprint density at radius 3 is 2.64 bits per heavy atom. The van der Waals surface area contributed by atoms with E-state index in [4.69, 9.17) is 18.3 Å². The van der Waals surface area contributed by atoms with Crippen molar-refractivity contribution in [3.05, 3.63) is 30.0 Å². The average molecular weight is 410 g/mol. The first-order chi connectivity index (χ1) is 13.7. The second kappa shape index (κ2) is 13.1. The maximum atomic E-state index is 5.92. The molecule has 1 aromatic carbocycles. The van der Waals surface area contributed by atoms with Crippen molar-refractivity contribution in [3.63, 3.8) is 0 Å². The summed E-state index contributed by atoms with van der Waals surface area (Å²) in [5.74, 6) is 0.818. The number of aromatic nitrogens is 1. The van der Waals surface area contributed by atoms with Crippen LogP contribution in [0.5, 0.6) is 5.75 Å². The van der Waals surface area contributed by atoms with E-state index in [1.807, 2.05) is 12.1 Å². The van der Waals surface area contributed by atoms with Crippen molar-refractivity contribution in [2.75, 3.05) is 41.1 Å². The number of likely N-dealkylation sites (N-methyl/N-ethyl adjacent to an activating group) is 1. The molecule has 0 radical (unpaired) electrons. The molecular formula is C21H35N2O4P. The summed E-state index contributed by atoms with van der Waals surface area (Å²) in [5.41, 5.74) is 2.32. The number of ether oxygens (including phenoxy) is 1. The highest BCUT2D eigenvalue weighted by atomic mass is 31.2. The minimum atomic E-state index is -1.37. The summed E-state index contributed by atoms with van der Waals surface area (Å²) < 4.78 is 22.6. The van der Waals surface area contributed by atoms with E-state index in [1.54, 1.807) is 7.11 Å². The lowest BCUT2D eigenvalue weighted by molar-refractivity contribution is 0.0854. The van der Waals surface area contributed by atoms with Gasteiger partial charge in [-0.25, -0.2) is 0 Å². The Labute approximate surface area is 170 Å². The SMILES string of the molecule is CCCCCCCOP(OC)OCOc1cccc2[nH]cc(CCN(C)C)c12. The fourth-order valence-electron chi connectivity index (χ4n) is 3.00. The zero-order valence-corrected chi connectivity index (χ0v) is 18.6. The van der Waals surface area contributed by atoms with Crippen LogP contribution in [0.1, 0.15) is 44.6 Å². The van der Waals surface area contributed by atoms with Crippen LogP contribution < -0.4 is 4.74 Å². The number of aromatic amines is 1. The monoisotopic (exact) mass is 410 g/mol. The van der Waals surface area contributed by atoms with E-state index in [1.165, 1.54) is 31.2 Å². The molecule has 7 heteroatoms. The number of benzene rings is 1. The molecule has 158 valence electrons. The predicted molar refractivity (Wildman–Crippen MR) is 116 cm³/mol. The van der Waals surface area contributed by atoms with Gasteiger partial charge < -0.3 is 23.7 Å². The molecule has 0 bridgehead atoms. The minimum absolute atomic E-state index is 0.104. The van der Waals surface area contributed by atoms with Crippen LogP contribution in [0.25, 0.3) is 10.9 Å². The summed E-state index contributed by atoms with van der Waals surface area (Å²) in [7, 11) is 4.39. The molecule has 1 atom stereocenters. The Morgan fingerprint density at radius 1 is 1.07 bits per heavy atom. The Balaban J connectivity index is 1.82. The maximum Gasteiger partial charge on any atom is 0.335 e. The smallest absolute Gasteiger partial charge is 0.335 e. The normalized spacial score (nSPS) is 12.8. The average Bonchev–Trinajstić information content (AvgIpc) is 3.11. The molecule has 0 aliphatic heterocycles. The summed E-state index contributed by atoms with van der Waals surface area (Å²) in [6, 6.07) is 6.02. The largest absolute Gasteiger partial charge is 0.466 e. The van der Waals surface area contributed by atoms with Crippen LogP contribution >= 0.6 is 8.60 Å². The van der Waals surface area contributed by atoms with Gasteiger partial charge in [-0.3, -0.25) is 4.52 Å². The third-order valence-corrected chi connectivity index (χ3v) is 5.55. The predicted octanol–water partition coefficient (Wildman–Crippen LogP) is 5.49. The summed E-state index contributed by atoms with van der Waals surface area (Å²) >= 11 is 0. The third kappa shape index (κ3) is 7.69. The van der Waals surface area contributed by atoms with Gasteiger partial charge in [0.1, 0.15) is 5.75 Å². The molecule has 1 unspecified atom stereocenters. The van der Waals surface area contributed by atoms with Crippen LogP contribution in [0.15, 0.2) is 24.4 Å². The molecule has 2 rings (SSSR count). The number of hydrogen-bond acceptors (Lipinski definition) is 5. The van der Waals surface area contributed by atoms with Gasteiger partial charge in [0.15, 0.2) is 6.79 Å². The first-order valence-electron chi connectivity index (χ1n) is 10.1. The lowest BCUT2D eigenvalue weighted by Gasteiger charge is -2.15. The van der Waals surface area contributed by atoms with Gasteiger partial charge in [-0.15, -0.1) is 0 Å². The van der Waals surface area contributed by atoms with Gasteiger partial charge in [0.05, 0.1) is 6.61 Å². The van der Waals surface area contributed by atoms with Gasteiger partial charge >= 0.3 is 8.60 Å². The van der Waals surface area contributed by atoms with Gasteiger partial charge in [0, 0.05) is 30.8 Å². The second-order valence-corrected chi connectivity index (χ2v) is 8.42. The van der Waals surface area contributed by atoms with Gasteiger partial charge in [-0.05, 0) is 44.6 Å². The Kier molecular flexibility index (Phi) is 10.8. The van der Waals surface area contributed by atoms with Gasteiger partial charge in [0.2, 0.25) is 0 Å². The van der Waals surface area contributed by atoms with E-state index < -0.39 is 8.60 Å². The quantitative estimate of drug-likeness (QED) is 0.239. The van der Waals surface area contributed by atoms with Crippen molar-refractivity contribution in [2.24, 2.45) is 0 Å². The maximum absolute atomic E-state index is 5.92. The van der Waals surface area contributed by atoms with Crippen LogP contribution in [0.4, 0.5) is 0 Å². The van der Waals surface area contributed by atoms with Crippen LogP contribution in [0.2, 0.25) is 0 Å². The van der Waals surface area contributed by atoms with Crippen molar-refractivity contribution >= 4 is 19.5 Å². The summed E-state index contributed by atoms with van der Waals surface area (Å²) in [5, 5.41) is 1.12. The van der Waals surface area contributed by atoms with Gasteiger partial charge in [0.25, 0.3) is 0 Å². The minimum Gasteiger partial charge on any atom is -0.466 e. The number of hydrogen-bond donors (Lipinski definition) is 1. The lowest BCUT2D eigenvalue weighted by atomic mass is 10.1. The Morgan fingerprint density at radius 2 is 1.89 bits per heavy atom. The van der Waals surface area contributed by atoms with Crippen molar-refractivity contribution in [3.8, 4) is 5.75 Å². The number of H-pyrrole nitrogens is 1. The first-order valence-corrected chi connectivity index (χ1v) is 11.2. The molecule has 0 saturated heterocycles. The molecule has 1 N–H and O–H groups in total. The van der Waals surface area contributed by atoms with E-state index in [0.717, 1.165) is 36.0 Å². The highest BCUT2D eigenvalue weighted by molar-refractivity contribution is 7.41. The van der Waals surface area contributed by atoms with Gasteiger partial charge in [-0.2, -0.15) is 0 Å². The number of fused-ring (bicyclic) bond motifs is 1. The molecule has 0 aliphatic rings. The standard InChI is InChI=1S/C21H35N2O4P/c1-5-6-7-8-9-15-26-28(24-4)27-17-25-20-12-10-11-19-21(20)18(16-22-19)13-14-23(2)3/h10-12,16,22H,5-9,13-15,17H2,1-4H3. The zero-order chi connectivity index (χ0) is 20.2. The Hall–Kier alpha value is -1.17. The molecular weight excluding hydrogens is 375 g/mol. The topological polar surface area (TPSA) is 56.0 Å². The second-order valence-electron chi connectivity index (χ2n) is 7.09. The lowest BCUT2D eigenvalue weighted by Crippen LogP contribution is -2.14. The fourth-order valence-corrected chi connectivity index (χ4v) is 3.70. The summed E-state index contributed by atoms with van der Waals surface area (Å²) in [6.45, 7) is 3.96. The number of nitrogens with zero attached hydrogens (tertiary/aromatic N) is 1. The van der Waals surface area contributed by atoms with E-state index in [-0.39, 0.29) is 6.79 Å². The fraction of sp³-hybridized carbons (Fsp3) is 0.619. The van der Waals surface area contributed by atoms with E-state index >= 15 is 0 Å². The van der Waals surface area contributed by atoms with Gasteiger partial charge in [-0.1, -0.05) is 38.7 Å². The number of nitrogens with one attached hydrogen (secondary N) is 1. The molecule has 0 spiro atoms. The van der Waals surface area contributed by atoms with Crippen molar-refractivity contribution < 1.29 is 18.3 Å². The van der Waals surface area contributed by atoms with Crippen LogP contribution in [-0.2, 0) is 20.0 Å². The third-order valence-electron chi connectivity index (χ3n) is 4.54. The summed E-state index contributed by atoms with van der Waals surface area (Å²) in [6.07, 6.45) is 9.02. The summed E-state index contributed by atoms with van der Waals surface area (Å²) in [4.78, 5) is 5.50. The van der Waals surface area contributed by atoms with E-state index in [0.29, 0.717) is 6.61 Å². The number of unbranched alkanes of at least 4 members (excludes halogenated alkanes) is 4.